The van der Waals surface area contributed by atoms with Crippen LogP contribution in [0.3, 0.4) is 0 Å². The van der Waals surface area contributed by atoms with Crippen LogP contribution in [0.5, 0.6) is 0 Å². The molecule has 136 valence electrons. The minimum absolute atomic E-state index is 0.0398. The topological polar surface area (TPSA) is 40.6 Å². The predicted octanol–water partition coefficient (Wildman–Crippen LogP) is 2.96. The molecule has 0 N–H and O–H groups in total. The van der Waals surface area contributed by atoms with Gasteiger partial charge in [-0.25, -0.2) is 4.39 Å². The van der Waals surface area contributed by atoms with Gasteiger partial charge in [0.25, 0.3) is 0 Å². The number of piperazine rings is 1. The average molecular weight is 372 g/mol. The maximum Gasteiger partial charge on any atom is 0.242 e. The third-order valence-corrected chi connectivity index (χ3v) is 5.15. The Morgan fingerprint density at radius 1 is 1.12 bits per heavy atom. The molecule has 6 heteroatoms. The van der Waals surface area contributed by atoms with Crippen molar-refractivity contribution in [3.05, 3.63) is 65.5 Å². The van der Waals surface area contributed by atoms with E-state index in [4.69, 9.17) is 0 Å². The minimum Gasteiger partial charge on any atom is -0.335 e. The summed E-state index contributed by atoms with van der Waals surface area (Å²) in [6, 6.07) is 14.1. The number of thioether (sulfide) groups is 1. The van der Waals surface area contributed by atoms with Gasteiger partial charge in [0.1, 0.15) is 5.82 Å². The number of halogens is 1. The van der Waals surface area contributed by atoms with Gasteiger partial charge in [-0.3, -0.25) is 9.59 Å². The van der Waals surface area contributed by atoms with Crippen molar-refractivity contribution in [1.29, 1.82) is 0 Å². The van der Waals surface area contributed by atoms with Crippen LogP contribution in [0.4, 0.5) is 4.39 Å². The molecule has 3 rings (SSSR count). The number of carbonyl (C=O) groups is 2. The first-order valence-corrected chi connectivity index (χ1v) is 9.70. The first-order valence-electron chi connectivity index (χ1n) is 8.48. The Kier molecular flexibility index (Phi) is 5.93. The van der Waals surface area contributed by atoms with Crippen molar-refractivity contribution in [2.75, 3.05) is 25.9 Å². The van der Waals surface area contributed by atoms with E-state index in [1.165, 1.54) is 12.1 Å². The van der Waals surface area contributed by atoms with Gasteiger partial charge >= 0.3 is 0 Å². The van der Waals surface area contributed by atoms with Gasteiger partial charge in [0.2, 0.25) is 11.8 Å². The Morgan fingerprint density at radius 2 is 1.88 bits per heavy atom. The molecule has 0 aliphatic carbocycles. The van der Waals surface area contributed by atoms with Crippen LogP contribution in [0, 0.1) is 5.82 Å². The van der Waals surface area contributed by atoms with E-state index in [0.717, 1.165) is 16.0 Å². The Bertz CT molecular complexity index is 812. The number of nitrogens with zero attached hydrogens (tertiary/aromatic N) is 2. The summed E-state index contributed by atoms with van der Waals surface area (Å²) in [5.41, 5.74) is 1.71. The van der Waals surface area contributed by atoms with E-state index in [0.29, 0.717) is 26.1 Å². The van der Waals surface area contributed by atoms with E-state index in [2.05, 4.69) is 0 Å². The van der Waals surface area contributed by atoms with E-state index in [9.17, 15) is 14.0 Å². The summed E-state index contributed by atoms with van der Waals surface area (Å²) in [6.45, 7) is 1.42. The smallest absolute Gasteiger partial charge is 0.242 e. The predicted molar refractivity (Wildman–Crippen MR) is 100 cm³/mol. The third-order valence-electron chi connectivity index (χ3n) is 4.42. The Balaban J connectivity index is 1.57. The monoisotopic (exact) mass is 372 g/mol. The summed E-state index contributed by atoms with van der Waals surface area (Å²) in [5, 5.41) is 0. The van der Waals surface area contributed by atoms with Crippen molar-refractivity contribution in [2.45, 2.75) is 17.9 Å². The van der Waals surface area contributed by atoms with E-state index in [1.54, 1.807) is 33.7 Å². The zero-order valence-electron chi connectivity index (χ0n) is 14.7. The van der Waals surface area contributed by atoms with Crippen LogP contribution in [0.1, 0.15) is 11.1 Å². The van der Waals surface area contributed by atoms with Gasteiger partial charge in [0.05, 0.1) is 13.0 Å². The van der Waals surface area contributed by atoms with Crippen LogP contribution >= 0.6 is 11.8 Å². The molecule has 0 atom stereocenters. The quantitative estimate of drug-likeness (QED) is 0.758. The summed E-state index contributed by atoms with van der Waals surface area (Å²) < 4.78 is 13.3. The lowest BCUT2D eigenvalue weighted by Gasteiger charge is -2.34. The van der Waals surface area contributed by atoms with E-state index >= 15 is 0 Å². The van der Waals surface area contributed by atoms with Gasteiger partial charge in [0.15, 0.2) is 0 Å². The fraction of sp³-hybridized carbons (Fsp3) is 0.300. The van der Waals surface area contributed by atoms with Crippen LogP contribution in [0.15, 0.2) is 53.4 Å². The molecule has 0 radical (unpaired) electrons. The van der Waals surface area contributed by atoms with Crippen molar-refractivity contribution >= 4 is 23.6 Å². The van der Waals surface area contributed by atoms with Gasteiger partial charge < -0.3 is 9.80 Å². The first kappa shape index (κ1) is 18.5. The molecule has 1 aliphatic heterocycles. The second kappa shape index (κ2) is 8.36. The third kappa shape index (κ3) is 4.64. The number of hydrogen-bond acceptors (Lipinski definition) is 3. The number of rotatable bonds is 5. The van der Waals surface area contributed by atoms with Crippen LogP contribution in [-0.2, 0) is 22.6 Å². The molecule has 26 heavy (non-hydrogen) atoms. The van der Waals surface area contributed by atoms with Gasteiger partial charge in [-0.1, -0.05) is 24.3 Å². The Hall–Kier alpha value is -2.34. The van der Waals surface area contributed by atoms with E-state index in [-0.39, 0.29) is 24.2 Å². The molecule has 0 unspecified atom stereocenters. The Morgan fingerprint density at radius 3 is 2.62 bits per heavy atom. The number of hydrogen-bond donors (Lipinski definition) is 0. The molecule has 2 aromatic carbocycles. The highest BCUT2D eigenvalue weighted by Crippen LogP contribution is 2.17. The highest BCUT2D eigenvalue weighted by atomic mass is 32.2. The first-order chi connectivity index (χ1) is 12.5. The molecule has 4 nitrogen and oxygen atoms in total. The van der Waals surface area contributed by atoms with Gasteiger partial charge in [-0.05, 0) is 41.6 Å². The standard InChI is InChI=1S/C20H21FN2O2S/c1-26-18-7-3-4-15(11-18)12-19(24)23-9-8-22(20(25)14-23)13-16-5-2-6-17(21)10-16/h2-7,10-11H,8-9,12-14H2,1H3. The molecular weight excluding hydrogens is 351 g/mol. The molecule has 0 aromatic heterocycles. The number of carbonyl (C=O) groups excluding carboxylic acids is 2. The summed E-state index contributed by atoms with van der Waals surface area (Å²) in [4.78, 5) is 29.3. The molecule has 0 saturated carbocycles. The van der Waals surface area contributed by atoms with Gasteiger partial charge in [-0.15, -0.1) is 11.8 Å². The molecule has 0 spiro atoms. The zero-order chi connectivity index (χ0) is 18.5. The average Bonchev–Trinajstić information content (AvgIpc) is 2.63. The maximum absolute atomic E-state index is 13.3. The molecular formula is C20H21FN2O2S. The fourth-order valence-corrected chi connectivity index (χ4v) is 3.50. The minimum atomic E-state index is -0.309. The Labute approximate surface area is 157 Å². The van der Waals surface area contributed by atoms with Gasteiger partial charge in [-0.2, -0.15) is 0 Å². The summed E-state index contributed by atoms with van der Waals surface area (Å²) in [6.07, 6.45) is 2.29. The van der Waals surface area contributed by atoms with Crippen LogP contribution < -0.4 is 0 Å². The highest BCUT2D eigenvalue weighted by molar-refractivity contribution is 7.98. The molecule has 0 bridgehead atoms. The fourth-order valence-electron chi connectivity index (χ4n) is 3.01. The van der Waals surface area contributed by atoms with Crippen molar-refractivity contribution < 1.29 is 14.0 Å². The summed E-state index contributed by atoms with van der Waals surface area (Å²) in [5.74, 6) is -0.454. The lowest BCUT2D eigenvalue weighted by atomic mass is 10.1. The second-order valence-electron chi connectivity index (χ2n) is 6.29. The van der Waals surface area contributed by atoms with Gasteiger partial charge in [0, 0.05) is 24.5 Å². The summed E-state index contributed by atoms with van der Waals surface area (Å²) >= 11 is 1.64. The molecule has 1 fully saturated rings. The van der Waals surface area contributed by atoms with E-state index < -0.39 is 0 Å². The van der Waals surface area contributed by atoms with Crippen molar-refractivity contribution in [1.82, 2.24) is 9.80 Å². The van der Waals surface area contributed by atoms with Crippen LogP contribution in [0.25, 0.3) is 0 Å². The lowest BCUT2D eigenvalue weighted by Crippen LogP contribution is -2.52. The van der Waals surface area contributed by atoms with Crippen molar-refractivity contribution in [3.63, 3.8) is 0 Å². The molecule has 2 amide bonds. The van der Waals surface area contributed by atoms with E-state index in [1.807, 2.05) is 30.5 Å². The molecule has 2 aromatic rings. The highest BCUT2D eigenvalue weighted by Gasteiger charge is 2.27. The maximum atomic E-state index is 13.3. The molecule has 1 aliphatic rings. The SMILES string of the molecule is CSc1cccc(CC(=O)N2CCN(Cc3cccc(F)c3)C(=O)C2)c1. The lowest BCUT2D eigenvalue weighted by molar-refractivity contribution is -0.145. The van der Waals surface area contributed by atoms with Crippen molar-refractivity contribution in [2.24, 2.45) is 0 Å². The largest absolute Gasteiger partial charge is 0.335 e. The number of benzene rings is 2. The van der Waals surface area contributed by atoms with Crippen LogP contribution in [0.2, 0.25) is 0 Å². The zero-order valence-corrected chi connectivity index (χ0v) is 15.5. The van der Waals surface area contributed by atoms with Crippen LogP contribution in [-0.4, -0.2) is 47.5 Å². The van der Waals surface area contributed by atoms with Crippen molar-refractivity contribution in [3.8, 4) is 0 Å². The second-order valence-corrected chi connectivity index (χ2v) is 7.17. The molecule has 1 saturated heterocycles. The molecule has 1 heterocycles. The normalized spacial score (nSPS) is 14.6. The number of amides is 2. The summed E-state index contributed by atoms with van der Waals surface area (Å²) in [7, 11) is 0.